The summed E-state index contributed by atoms with van der Waals surface area (Å²) in [6, 6.07) is 7.75. The minimum absolute atomic E-state index is 0.0626. The van der Waals surface area contributed by atoms with Gasteiger partial charge in [0.1, 0.15) is 0 Å². The predicted octanol–water partition coefficient (Wildman–Crippen LogP) is 2.44. The monoisotopic (exact) mass is 418 g/mol. The van der Waals surface area contributed by atoms with E-state index in [0.29, 0.717) is 38.8 Å². The third-order valence-electron chi connectivity index (χ3n) is 6.29. The van der Waals surface area contributed by atoms with Gasteiger partial charge in [-0.3, -0.25) is 4.79 Å². The first kappa shape index (κ1) is 19.7. The normalized spacial score (nSPS) is 20.1. The number of hydrogen-bond donors (Lipinski definition) is 1. The Morgan fingerprint density at radius 3 is 2.87 bits per heavy atom. The quantitative estimate of drug-likeness (QED) is 0.701. The molecule has 1 aromatic carbocycles. The summed E-state index contributed by atoms with van der Waals surface area (Å²) in [6.45, 7) is 4.98. The molecule has 0 aliphatic carbocycles. The Balaban J connectivity index is 1.37. The maximum absolute atomic E-state index is 13.1. The number of aryl methyl sites for hydroxylation is 2. The van der Waals surface area contributed by atoms with E-state index in [4.69, 9.17) is 9.72 Å². The standard InChI is InChI=1S/C23H26N6O2/c1-16-3-5-17(6-4-16)21(30)29-8-7-23(13-29)14-31-12-18-9-25-22(27-20(18)23)26-11-19-10-24-15-28(19)2/h3-6,9-10,15H,7-8,11-14H2,1-2H3,(H,25,26,27)/t23-/m1/s1. The van der Waals surface area contributed by atoms with E-state index in [0.717, 1.165) is 34.5 Å². The maximum atomic E-state index is 13.1. The van der Waals surface area contributed by atoms with Crippen LogP contribution in [0.15, 0.2) is 43.0 Å². The van der Waals surface area contributed by atoms with E-state index in [-0.39, 0.29) is 11.3 Å². The van der Waals surface area contributed by atoms with Crippen molar-refractivity contribution in [3.63, 3.8) is 0 Å². The van der Waals surface area contributed by atoms with Crippen LogP contribution in [0.3, 0.4) is 0 Å². The van der Waals surface area contributed by atoms with Crippen molar-refractivity contribution >= 4 is 11.9 Å². The second-order valence-corrected chi connectivity index (χ2v) is 8.53. The number of rotatable bonds is 4. The number of fused-ring (bicyclic) bond motifs is 2. The van der Waals surface area contributed by atoms with Gasteiger partial charge in [-0.25, -0.2) is 15.0 Å². The number of nitrogens with one attached hydrogen (secondary N) is 1. The zero-order valence-electron chi connectivity index (χ0n) is 17.8. The van der Waals surface area contributed by atoms with Crippen LogP contribution in [0.1, 0.15) is 39.3 Å². The van der Waals surface area contributed by atoms with E-state index < -0.39 is 0 Å². The molecule has 4 heterocycles. The first-order valence-electron chi connectivity index (χ1n) is 10.5. The zero-order chi connectivity index (χ0) is 21.4. The molecule has 0 bridgehead atoms. The van der Waals surface area contributed by atoms with Crippen molar-refractivity contribution < 1.29 is 9.53 Å². The molecule has 3 aromatic rings. The molecule has 1 saturated heterocycles. The lowest BCUT2D eigenvalue weighted by molar-refractivity contribution is 0.0485. The van der Waals surface area contributed by atoms with Crippen molar-refractivity contribution in [2.24, 2.45) is 7.05 Å². The average molecular weight is 419 g/mol. The summed E-state index contributed by atoms with van der Waals surface area (Å²) in [7, 11) is 1.96. The smallest absolute Gasteiger partial charge is 0.253 e. The third-order valence-corrected chi connectivity index (χ3v) is 6.29. The van der Waals surface area contributed by atoms with Crippen LogP contribution in [0.5, 0.6) is 0 Å². The lowest BCUT2D eigenvalue weighted by atomic mass is 9.80. The fourth-order valence-corrected chi connectivity index (χ4v) is 4.44. The first-order chi connectivity index (χ1) is 15.0. The third kappa shape index (κ3) is 3.67. The highest BCUT2D eigenvalue weighted by Crippen LogP contribution is 2.39. The fraction of sp³-hybridized carbons (Fsp3) is 0.391. The molecular weight excluding hydrogens is 392 g/mol. The lowest BCUT2D eigenvalue weighted by Crippen LogP contribution is -2.41. The molecule has 2 aliphatic rings. The SMILES string of the molecule is Cc1ccc(C(=O)N2CC[C@]3(COCc4cnc(NCc5cncn5C)nc43)C2)cc1. The van der Waals surface area contributed by atoms with Crippen LogP contribution in [0, 0.1) is 6.92 Å². The minimum atomic E-state index is -0.292. The molecule has 2 aromatic heterocycles. The van der Waals surface area contributed by atoms with Crippen molar-refractivity contribution in [1.82, 2.24) is 24.4 Å². The molecule has 2 aliphatic heterocycles. The molecule has 1 fully saturated rings. The van der Waals surface area contributed by atoms with Gasteiger partial charge in [0.2, 0.25) is 5.95 Å². The van der Waals surface area contributed by atoms with Gasteiger partial charge in [0, 0.05) is 43.7 Å². The summed E-state index contributed by atoms with van der Waals surface area (Å²) in [5.41, 5.74) is 4.63. The molecule has 8 heteroatoms. The molecule has 1 N–H and O–H groups in total. The Kier molecular flexibility index (Phi) is 4.94. The summed E-state index contributed by atoms with van der Waals surface area (Å²) in [4.78, 5) is 28.5. The number of anilines is 1. The van der Waals surface area contributed by atoms with Gasteiger partial charge in [0.05, 0.1) is 42.9 Å². The summed E-state index contributed by atoms with van der Waals surface area (Å²) in [5, 5.41) is 3.31. The van der Waals surface area contributed by atoms with Crippen LogP contribution in [0.4, 0.5) is 5.95 Å². The number of carbonyl (C=O) groups excluding carboxylic acids is 1. The van der Waals surface area contributed by atoms with Crippen molar-refractivity contribution in [3.8, 4) is 0 Å². The van der Waals surface area contributed by atoms with Crippen LogP contribution in [-0.2, 0) is 30.4 Å². The molecular formula is C23H26N6O2. The zero-order valence-corrected chi connectivity index (χ0v) is 17.8. The highest BCUT2D eigenvalue weighted by Gasteiger charge is 2.46. The highest BCUT2D eigenvalue weighted by atomic mass is 16.5. The second-order valence-electron chi connectivity index (χ2n) is 8.53. The van der Waals surface area contributed by atoms with Gasteiger partial charge in [-0.1, -0.05) is 17.7 Å². The van der Waals surface area contributed by atoms with Gasteiger partial charge >= 0.3 is 0 Å². The fourth-order valence-electron chi connectivity index (χ4n) is 4.44. The van der Waals surface area contributed by atoms with E-state index in [2.05, 4.69) is 15.3 Å². The van der Waals surface area contributed by atoms with Crippen LogP contribution in [0.2, 0.25) is 0 Å². The summed E-state index contributed by atoms with van der Waals surface area (Å²) in [5.74, 6) is 0.650. The number of ether oxygens (including phenoxy) is 1. The number of carbonyl (C=O) groups is 1. The molecule has 1 spiro atoms. The molecule has 1 atom stereocenters. The summed E-state index contributed by atoms with van der Waals surface area (Å²) < 4.78 is 7.87. The number of benzene rings is 1. The first-order valence-corrected chi connectivity index (χ1v) is 10.5. The number of hydrogen-bond acceptors (Lipinski definition) is 6. The van der Waals surface area contributed by atoms with Gasteiger partial charge in [-0.05, 0) is 25.5 Å². The molecule has 0 unspecified atom stereocenters. The number of likely N-dealkylation sites (tertiary alicyclic amines) is 1. The van der Waals surface area contributed by atoms with Crippen LogP contribution >= 0.6 is 0 Å². The Morgan fingerprint density at radius 2 is 2.10 bits per heavy atom. The second kappa shape index (κ2) is 7.77. The largest absolute Gasteiger partial charge is 0.376 e. The number of imidazole rings is 1. The van der Waals surface area contributed by atoms with Crippen LogP contribution in [0.25, 0.3) is 0 Å². The predicted molar refractivity (Wildman–Crippen MR) is 116 cm³/mol. The van der Waals surface area contributed by atoms with Gasteiger partial charge in [0.25, 0.3) is 5.91 Å². The lowest BCUT2D eigenvalue weighted by Gasteiger charge is -2.34. The summed E-state index contributed by atoms with van der Waals surface area (Å²) in [6.07, 6.45) is 6.27. The van der Waals surface area contributed by atoms with Crippen molar-refractivity contribution in [3.05, 3.63) is 71.1 Å². The molecule has 8 nitrogen and oxygen atoms in total. The van der Waals surface area contributed by atoms with E-state index in [1.54, 1.807) is 6.33 Å². The van der Waals surface area contributed by atoms with Crippen LogP contribution in [-0.4, -0.2) is 50.0 Å². The Labute approximate surface area is 181 Å². The van der Waals surface area contributed by atoms with Crippen molar-refractivity contribution in [2.45, 2.75) is 31.9 Å². The van der Waals surface area contributed by atoms with E-state index in [1.807, 2.05) is 60.1 Å². The van der Waals surface area contributed by atoms with E-state index >= 15 is 0 Å². The van der Waals surface area contributed by atoms with Gasteiger partial charge in [-0.2, -0.15) is 0 Å². The molecule has 31 heavy (non-hydrogen) atoms. The molecule has 0 radical (unpaired) electrons. The molecule has 0 saturated carbocycles. The maximum Gasteiger partial charge on any atom is 0.253 e. The van der Waals surface area contributed by atoms with E-state index in [1.165, 1.54) is 0 Å². The minimum Gasteiger partial charge on any atom is -0.376 e. The highest BCUT2D eigenvalue weighted by molar-refractivity contribution is 5.94. The van der Waals surface area contributed by atoms with Gasteiger partial charge in [-0.15, -0.1) is 0 Å². The molecule has 5 rings (SSSR count). The topological polar surface area (TPSA) is 85.2 Å². The van der Waals surface area contributed by atoms with E-state index in [9.17, 15) is 4.79 Å². The number of aromatic nitrogens is 4. The van der Waals surface area contributed by atoms with Gasteiger partial charge in [0.15, 0.2) is 0 Å². The molecule has 160 valence electrons. The number of amides is 1. The average Bonchev–Trinajstić information content (AvgIpc) is 3.39. The Bertz CT molecular complexity index is 1110. The number of nitrogens with zero attached hydrogens (tertiary/aromatic N) is 5. The molecule has 1 amide bonds. The van der Waals surface area contributed by atoms with Crippen LogP contribution < -0.4 is 5.32 Å². The van der Waals surface area contributed by atoms with Crippen molar-refractivity contribution in [1.29, 1.82) is 0 Å². The summed E-state index contributed by atoms with van der Waals surface area (Å²) >= 11 is 0. The van der Waals surface area contributed by atoms with Gasteiger partial charge < -0.3 is 19.5 Å². The Morgan fingerprint density at radius 1 is 1.26 bits per heavy atom. The van der Waals surface area contributed by atoms with Crippen molar-refractivity contribution in [2.75, 3.05) is 25.0 Å². The Hall–Kier alpha value is -3.26.